The van der Waals surface area contributed by atoms with Crippen LogP contribution in [-0.2, 0) is 6.54 Å². The SMILES string of the molecule is Cc1cc(Cl)cc2c(=O)c(C(=O)NCc3ccc(Cl)cc3)c[nH]c12. The lowest BCUT2D eigenvalue weighted by molar-refractivity contribution is 0.0949. The summed E-state index contributed by atoms with van der Waals surface area (Å²) >= 11 is 11.8. The van der Waals surface area contributed by atoms with Crippen molar-refractivity contribution in [2.45, 2.75) is 13.5 Å². The fraction of sp³-hybridized carbons (Fsp3) is 0.111. The second-order valence-corrected chi connectivity index (χ2v) is 6.36. The Balaban J connectivity index is 1.88. The van der Waals surface area contributed by atoms with Crippen molar-refractivity contribution in [3.63, 3.8) is 0 Å². The number of hydrogen-bond acceptors (Lipinski definition) is 2. The zero-order chi connectivity index (χ0) is 17.3. The fourth-order valence-corrected chi connectivity index (χ4v) is 2.92. The molecule has 0 bridgehead atoms. The molecule has 0 aliphatic rings. The summed E-state index contributed by atoms with van der Waals surface area (Å²) in [5.41, 5.74) is 2.13. The molecular weight excluding hydrogens is 347 g/mol. The van der Waals surface area contributed by atoms with E-state index >= 15 is 0 Å². The smallest absolute Gasteiger partial charge is 0.257 e. The van der Waals surface area contributed by atoms with Crippen LogP contribution in [0.25, 0.3) is 10.9 Å². The van der Waals surface area contributed by atoms with Crippen molar-refractivity contribution in [1.29, 1.82) is 0 Å². The second kappa shape index (κ2) is 6.67. The number of hydrogen-bond donors (Lipinski definition) is 2. The number of aromatic nitrogens is 1. The molecular formula is C18H14Cl2N2O2. The van der Waals surface area contributed by atoms with Crippen molar-refractivity contribution in [2.75, 3.05) is 0 Å². The summed E-state index contributed by atoms with van der Waals surface area (Å²) in [4.78, 5) is 27.9. The van der Waals surface area contributed by atoms with E-state index < -0.39 is 5.91 Å². The molecule has 0 unspecified atom stereocenters. The minimum Gasteiger partial charge on any atom is -0.360 e. The number of fused-ring (bicyclic) bond motifs is 1. The third kappa shape index (κ3) is 3.30. The van der Waals surface area contributed by atoms with Crippen LogP contribution in [0.15, 0.2) is 47.4 Å². The standard InChI is InChI=1S/C18H14Cl2N2O2/c1-10-6-13(20)7-14-16(10)21-9-15(17(14)23)18(24)22-8-11-2-4-12(19)5-3-11/h2-7,9H,8H2,1H3,(H,21,23)(H,22,24). The van der Waals surface area contributed by atoms with Gasteiger partial charge >= 0.3 is 0 Å². The van der Waals surface area contributed by atoms with Crippen molar-refractivity contribution >= 4 is 40.0 Å². The highest BCUT2D eigenvalue weighted by Crippen LogP contribution is 2.19. The molecule has 2 aromatic carbocycles. The third-order valence-electron chi connectivity index (χ3n) is 3.76. The van der Waals surface area contributed by atoms with Gasteiger partial charge in [-0.25, -0.2) is 0 Å². The molecule has 4 nitrogen and oxygen atoms in total. The summed E-state index contributed by atoms with van der Waals surface area (Å²) in [6, 6.07) is 10.5. The number of pyridine rings is 1. The van der Waals surface area contributed by atoms with Gasteiger partial charge in [0.2, 0.25) is 5.43 Å². The van der Waals surface area contributed by atoms with E-state index in [4.69, 9.17) is 23.2 Å². The van der Waals surface area contributed by atoms with Crippen LogP contribution >= 0.6 is 23.2 Å². The first-order chi connectivity index (χ1) is 11.5. The number of amides is 1. The van der Waals surface area contributed by atoms with Gasteiger partial charge in [-0.3, -0.25) is 9.59 Å². The molecule has 0 atom stereocenters. The highest BCUT2D eigenvalue weighted by atomic mass is 35.5. The molecule has 3 aromatic rings. The lowest BCUT2D eigenvalue weighted by Gasteiger charge is -2.08. The van der Waals surface area contributed by atoms with E-state index in [1.807, 2.05) is 19.1 Å². The number of nitrogens with one attached hydrogen (secondary N) is 2. The second-order valence-electron chi connectivity index (χ2n) is 5.49. The topological polar surface area (TPSA) is 62.0 Å². The molecule has 0 saturated heterocycles. The molecule has 1 aromatic heterocycles. The van der Waals surface area contributed by atoms with E-state index in [2.05, 4.69) is 10.3 Å². The highest BCUT2D eigenvalue weighted by Gasteiger charge is 2.14. The van der Waals surface area contributed by atoms with E-state index in [9.17, 15) is 9.59 Å². The van der Waals surface area contributed by atoms with Crippen LogP contribution in [0.4, 0.5) is 0 Å². The molecule has 0 radical (unpaired) electrons. The van der Waals surface area contributed by atoms with E-state index in [1.165, 1.54) is 6.20 Å². The van der Waals surface area contributed by atoms with Crippen LogP contribution in [0.3, 0.4) is 0 Å². The Morgan fingerprint density at radius 3 is 2.54 bits per heavy atom. The van der Waals surface area contributed by atoms with E-state index in [0.717, 1.165) is 11.1 Å². The molecule has 0 spiro atoms. The summed E-state index contributed by atoms with van der Waals surface area (Å²) in [6.45, 7) is 2.16. The summed E-state index contributed by atoms with van der Waals surface area (Å²) < 4.78 is 0. The molecule has 2 N–H and O–H groups in total. The minimum atomic E-state index is -0.439. The Morgan fingerprint density at radius 2 is 1.83 bits per heavy atom. The first-order valence-corrected chi connectivity index (χ1v) is 8.05. The molecule has 6 heteroatoms. The number of aryl methyl sites for hydroxylation is 1. The van der Waals surface area contributed by atoms with Gasteiger partial charge in [0.25, 0.3) is 5.91 Å². The molecule has 1 heterocycles. The molecule has 0 aliphatic carbocycles. The highest BCUT2D eigenvalue weighted by molar-refractivity contribution is 6.31. The van der Waals surface area contributed by atoms with Crippen LogP contribution in [0.1, 0.15) is 21.5 Å². The lowest BCUT2D eigenvalue weighted by atomic mass is 10.1. The van der Waals surface area contributed by atoms with Crippen molar-refractivity contribution in [2.24, 2.45) is 0 Å². The van der Waals surface area contributed by atoms with Crippen LogP contribution in [0.5, 0.6) is 0 Å². The van der Waals surface area contributed by atoms with Crippen LogP contribution in [0.2, 0.25) is 10.0 Å². The van der Waals surface area contributed by atoms with Gasteiger partial charge < -0.3 is 10.3 Å². The number of halogens is 2. The number of H-pyrrole nitrogens is 1. The van der Waals surface area contributed by atoms with Gasteiger partial charge in [0.15, 0.2) is 0 Å². The maximum Gasteiger partial charge on any atom is 0.257 e. The van der Waals surface area contributed by atoms with Gasteiger partial charge in [-0.05, 0) is 42.3 Å². The van der Waals surface area contributed by atoms with Crippen LogP contribution in [-0.4, -0.2) is 10.9 Å². The minimum absolute atomic E-state index is 0.0538. The number of carbonyl (C=O) groups excluding carboxylic acids is 1. The average molecular weight is 361 g/mol. The summed E-state index contributed by atoms with van der Waals surface area (Å²) in [6.07, 6.45) is 1.43. The van der Waals surface area contributed by atoms with Gasteiger partial charge in [-0.15, -0.1) is 0 Å². The Morgan fingerprint density at radius 1 is 1.12 bits per heavy atom. The monoisotopic (exact) mass is 360 g/mol. The quantitative estimate of drug-likeness (QED) is 0.739. The van der Waals surface area contributed by atoms with Crippen molar-refractivity contribution in [3.05, 3.63) is 79.6 Å². The van der Waals surface area contributed by atoms with Crippen molar-refractivity contribution in [1.82, 2.24) is 10.3 Å². The number of carbonyl (C=O) groups is 1. The van der Waals surface area contributed by atoms with Gasteiger partial charge in [0.1, 0.15) is 5.56 Å². The number of rotatable bonds is 3. The molecule has 0 fully saturated rings. The maximum atomic E-state index is 12.6. The Kier molecular flexibility index (Phi) is 4.60. The molecule has 3 rings (SSSR count). The lowest BCUT2D eigenvalue weighted by Crippen LogP contribution is -2.28. The molecule has 24 heavy (non-hydrogen) atoms. The number of benzene rings is 2. The van der Waals surface area contributed by atoms with E-state index in [1.54, 1.807) is 24.3 Å². The first-order valence-electron chi connectivity index (χ1n) is 7.30. The normalized spacial score (nSPS) is 10.8. The van der Waals surface area contributed by atoms with Crippen LogP contribution < -0.4 is 10.7 Å². The predicted molar refractivity (Wildman–Crippen MR) is 96.9 cm³/mol. The van der Waals surface area contributed by atoms with Crippen LogP contribution in [0, 0.1) is 6.92 Å². The Labute approximate surface area is 148 Å². The molecule has 0 saturated carbocycles. The zero-order valence-corrected chi connectivity index (χ0v) is 14.3. The van der Waals surface area contributed by atoms with Crippen molar-refractivity contribution < 1.29 is 4.79 Å². The number of aromatic amines is 1. The Bertz CT molecular complexity index is 979. The maximum absolute atomic E-state index is 12.6. The van der Waals surface area contributed by atoms with Gasteiger partial charge in [0, 0.05) is 28.2 Å². The van der Waals surface area contributed by atoms with Gasteiger partial charge in [-0.1, -0.05) is 35.3 Å². The van der Waals surface area contributed by atoms with E-state index in [-0.39, 0.29) is 11.0 Å². The summed E-state index contributed by atoms with van der Waals surface area (Å²) in [7, 11) is 0. The molecule has 122 valence electrons. The average Bonchev–Trinajstić information content (AvgIpc) is 2.55. The largest absolute Gasteiger partial charge is 0.360 e. The van der Waals surface area contributed by atoms with E-state index in [0.29, 0.717) is 27.5 Å². The molecule has 0 aliphatic heterocycles. The summed E-state index contributed by atoms with van der Waals surface area (Å²) in [5, 5.41) is 4.23. The third-order valence-corrected chi connectivity index (χ3v) is 4.23. The van der Waals surface area contributed by atoms with Crippen molar-refractivity contribution in [3.8, 4) is 0 Å². The summed E-state index contributed by atoms with van der Waals surface area (Å²) in [5.74, 6) is -0.439. The predicted octanol–water partition coefficient (Wildman–Crippen LogP) is 4.07. The van der Waals surface area contributed by atoms with Gasteiger partial charge in [-0.2, -0.15) is 0 Å². The fourth-order valence-electron chi connectivity index (χ4n) is 2.52. The zero-order valence-electron chi connectivity index (χ0n) is 12.8. The Hall–Kier alpha value is -2.30. The molecule has 1 amide bonds. The van der Waals surface area contributed by atoms with Gasteiger partial charge in [0.05, 0.1) is 5.52 Å². The first kappa shape index (κ1) is 16.6.